The Balaban J connectivity index is 1.77. The van der Waals surface area contributed by atoms with E-state index in [1.165, 1.54) is 42.4 Å². The van der Waals surface area contributed by atoms with Crippen LogP contribution in [0, 0.1) is 5.92 Å². The minimum atomic E-state index is 0.142. The number of rotatable bonds is 16. The number of hydrogen-bond donors (Lipinski definition) is 2. The molecule has 4 heteroatoms. The van der Waals surface area contributed by atoms with E-state index in [0.29, 0.717) is 32.0 Å². The molecule has 0 aliphatic carbocycles. The van der Waals surface area contributed by atoms with Crippen molar-refractivity contribution < 1.29 is 19.7 Å². The first-order valence-corrected chi connectivity index (χ1v) is 13.5. The van der Waals surface area contributed by atoms with E-state index in [-0.39, 0.29) is 13.2 Å². The molecule has 194 valence electrons. The molecule has 2 N–H and O–H groups in total. The van der Waals surface area contributed by atoms with Gasteiger partial charge in [-0.15, -0.1) is 0 Å². The highest BCUT2D eigenvalue weighted by Crippen LogP contribution is 2.32. The molecule has 0 saturated heterocycles. The molecule has 1 unspecified atom stereocenters. The Kier molecular flexibility index (Phi) is 11.8. The van der Waals surface area contributed by atoms with Gasteiger partial charge in [0.05, 0.1) is 13.2 Å². The van der Waals surface area contributed by atoms with Crippen LogP contribution in [0.5, 0.6) is 11.5 Å². The van der Waals surface area contributed by atoms with Crippen molar-refractivity contribution in [3.8, 4) is 33.8 Å². The molecule has 0 spiro atoms. The Hall–Kier alpha value is -2.82. The van der Waals surface area contributed by atoms with Gasteiger partial charge in [-0.25, -0.2) is 0 Å². The van der Waals surface area contributed by atoms with Crippen LogP contribution in [0.3, 0.4) is 0 Å². The van der Waals surface area contributed by atoms with Gasteiger partial charge >= 0.3 is 0 Å². The largest absolute Gasteiger partial charge is 0.494 e. The first kappa shape index (κ1) is 27.8. The van der Waals surface area contributed by atoms with Crippen LogP contribution >= 0.6 is 0 Å². The lowest BCUT2D eigenvalue weighted by molar-refractivity contribution is 0.232. The molecule has 0 saturated carbocycles. The van der Waals surface area contributed by atoms with Crippen LogP contribution in [0.2, 0.25) is 0 Å². The summed E-state index contributed by atoms with van der Waals surface area (Å²) in [6.07, 6.45) is 7.19. The van der Waals surface area contributed by atoms with Gasteiger partial charge in [-0.3, -0.25) is 0 Å². The highest BCUT2D eigenvalue weighted by Gasteiger charge is 2.13. The normalized spacial score (nSPS) is 11.9. The number of hydrogen-bond acceptors (Lipinski definition) is 4. The van der Waals surface area contributed by atoms with Crippen LogP contribution in [-0.2, 0) is 6.42 Å². The summed E-state index contributed by atoms with van der Waals surface area (Å²) in [6.45, 7) is 5.88. The Bertz CT molecular complexity index is 1010. The van der Waals surface area contributed by atoms with E-state index in [4.69, 9.17) is 19.7 Å². The molecule has 36 heavy (non-hydrogen) atoms. The molecule has 4 nitrogen and oxygen atoms in total. The summed E-state index contributed by atoms with van der Waals surface area (Å²) >= 11 is 0. The molecular weight excluding hydrogens is 448 g/mol. The summed E-state index contributed by atoms with van der Waals surface area (Å²) in [5.41, 5.74) is 5.95. The van der Waals surface area contributed by atoms with Gasteiger partial charge in [0.2, 0.25) is 0 Å². The van der Waals surface area contributed by atoms with Crippen molar-refractivity contribution in [2.24, 2.45) is 5.92 Å². The predicted molar refractivity (Wildman–Crippen MR) is 149 cm³/mol. The van der Waals surface area contributed by atoms with Crippen LogP contribution in [0.15, 0.2) is 66.7 Å². The van der Waals surface area contributed by atoms with E-state index in [1.807, 2.05) is 12.1 Å². The first-order chi connectivity index (χ1) is 17.7. The summed E-state index contributed by atoms with van der Waals surface area (Å²) in [5, 5.41) is 18.1. The van der Waals surface area contributed by atoms with Crippen molar-refractivity contribution in [1.82, 2.24) is 0 Å². The monoisotopic (exact) mass is 490 g/mol. The van der Waals surface area contributed by atoms with Gasteiger partial charge in [-0.1, -0.05) is 82.0 Å². The number of unbranched alkanes of at least 4 members (excludes halogenated alkanes) is 1. The summed E-state index contributed by atoms with van der Waals surface area (Å²) in [6, 6.07) is 23.3. The Morgan fingerprint density at radius 2 is 1.22 bits per heavy atom. The second-order valence-corrected chi connectivity index (χ2v) is 9.40. The van der Waals surface area contributed by atoms with Crippen molar-refractivity contribution in [1.29, 1.82) is 0 Å². The molecular formula is C32H42O4. The van der Waals surface area contributed by atoms with Crippen molar-refractivity contribution >= 4 is 0 Å². The smallest absolute Gasteiger partial charge is 0.122 e. The molecule has 0 amide bonds. The van der Waals surface area contributed by atoms with Crippen LogP contribution in [0.4, 0.5) is 0 Å². The summed E-state index contributed by atoms with van der Waals surface area (Å²) < 4.78 is 11.7. The van der Waals surface area contributed by atoms with Gasteiger partial charge in [0.1, 0.15) is 11.5 Å². The Morgan fingerprint density at radius 3 is 1.81 bits per heavy atom. The predicted octanol–water partition coefficient (Wildman–Crippen LogP) is 7.30. The highest BCUT2D eigenvalue weighted by atomic mass is 16.5. The number of aliphatic hydroxyl groups is 2. The zero-order chi connectivity index (χ0) is 25.6. The zero-order valence-electron chi connectivity index (χ0n) is 21.9. The lowest BCUT2D eigenvalue weighted by Crippen LogP contribution is -2.07. The molecule has 3 aromatic carbocycles. The Morgan fingerprint density at radius 1 is 0.667 bits per heavy atom. The van der Waals surface area contributed by atoms with Crippen LogP contribution in [-0.4, -0.2) is 36.6 Å². The van der Waals surface area contributed by atoms with Crippen molar-refractivity contribution in [3.63, 3.8) is 0 Å². The minimum Gasteiger partial charge on any atom is -0.494 e. The van der Waals surface area contributed by atoms with Gasteiger partial charge < -0.3 is 19.7 Å². The lowest BCUT2D eigenvalue weighted by Gasteiger charge is -2.19. The average Bonchev–Trinajstić information content (AvgIpc) is 2.92. The molecule has 3 aromatic rings. The molecule has 0 aliphatic rings. The maximum absolute atomic E-state index is 9.15. The highest BCUT2D eigenvalue weighted by molar-refractivity contribution is 5.71. The fourth-order valence-electron chi connectivity index (χ4n) is 4.41. The fraction of sp³-hybridized carbons (Fsp3) is 0.438. The summed E-state index contributed by atoms with van der Waals surface area (Å²) in [7, 11) is 0. The van der Waals surface area contributed by atoms with Crippen molar-refractivity contribution in [2.75, 3.05) is 26.4 Å². The fourth-order valence-corrected chi connectivity index (χ4v) is 4.41. The lowest BCUT2D eigenvalue weighted by atomic mass is 9.90. The SMILES string of the molecule is CCCCC(CC)Cc1cc(-c2ccc(-c3ccc(OCCCO)cc3)cc2)ccc1OCCCO. The van der Waals surface area contributed by atoms with E-state index < -0.39 is 0 Å². The van der Waals surface area contributed by atoms with E-state index in [1.54, 1.807) is 0 Å². The van der Waals surface area contributed by atoms with Crippen molar-refractivity contribution in [2.45, 2.75) is 58.8 Å². The first-order valence-electron chi connectivity index (χ1n) is 13.5. The summed E-state index contributed by atoms with van der Waals surface area (Å²) in [5.74, 6) is 2.42. The topological polar surface area (TPSA) is 58.9 Å². The van der Waals surface area contributed by atoms with E-state index in [9.17, 15) is 0 Å². The standard InChI is InChI=1S/C32H42O4/c1-3-5-8-25(4-2)23-30-24-29(15-18-32(30)36-22-7-20-34)28-11-9-26(10-12-28)27-13-16-31(17-14-27)35-21-6-19-33/h9-18,24-25,33-34H,3-8,19-23H2,1-2H3. The molecule has 0 aromatic heterocycles. The molecule has 3 rings (SSSR count). The zero-order valence-corrected chi connectivity index (χ0v) is 21.9. The molecule has 1 atom stereocenters. The molecule has 0 bridgehead atoms. The Labute approximate surface area is 216 Å². The number of benzene rings is 3. The maximum Gasteiger partial charge on any atom is 0.122 e. The van der Waals surface area contributed by atoms with Gasteiger partial charge in [0.15, 0.2) is 0 Å². The molecule has 0 aliphatic heterocycles. The maximum atomic E-state index is 9.15. The van der Waals surface area contributed by atoms with Crippen LogP contribution < -0.4 is 9.47 Å². The molecule has 0 radical (unpaired) electrons. The van der Waals surface area contributed by atoms with Gasteiger partial charge in [0.25, 0.3) is 0 Å². The van der Waals surface area contributed by atoms with E-state index in [0.717, 1.165) is 29.0 Å². The number of aliphatic hydroxyl groups excluding tert-OH is 2. The average molecular weight is 491 g/mol. The van der Waals surface area contributed by atoms with E-state index in [2.05, 4.69) is 68.4 Å². The number of ether oxygens (including phenoxy) is 2. The van der Waals surface area contributed by atoms with E-state index >= 15 is 0 Å². The third-order valence-electron chi connectivity index (χ3n) is 6.65. The van der Waals surface area contributed by atoms with Crippen molar-refractivity contribution in [3.05, 3.63) is 72.3 Å². The van der Waals surface area contributed by atoms with Crippen LogP contribution in [0.1, 0.15) is 57.9 Å². The van der Waals surface area contributed by atoms with Gasteiger partial charge in [0, 0.05) is 26.1 Å². The quantitative estimate of drug-likeness (QED) is 0.207. The second-order valence-electron chi connectivity index (χ2n) is 9.40. The third kappa shape index (κ3) is 8.39. The van der Waals surface area contributed by atoms with Gasteiger partial charge in [-0.05, 0) is 64.4 Å². The second kappa shape index (κ2) is 15.3. The summed E-state index contributed by atoms with van der Waals surface area (Å²) in [4.78, 5) is 0. The minimum absolute atomic E-state index is 0.142. The third-order valence-corrected chi connectivity index (χ3v) is 6.65. The van der Waals surface area contributed by atoms with Gasteiger partial charge in [-0.2, -0.15) is 0 Å². The van der Waals surface area contributed by atoms with Crippen LogP contribution in [0.25, 0.3) is 22.3 Å². The molecule has 0 heterocycles. The molecule has 0 fully saturated rings.